The SMILES string of the molecule is CC(C)(C)OC(=O)C1CC1(NC(=O)C1CCN(C(=O)C2CC(F)(F)C2)CC1)C(=O)COc1c(F)c(F)cc(F)c1F. The van der Waals surface area contributed by atoms with Crippen LogP contribution in [0.15, 0.2) is 6.07 Å². The van der Waals surface area contributed by atoms with Crippen molar-refractivity contribution in [1.29, 1.82) is 0 Å². The fraction of sp³-hybridized carbons (Fsp3) is 0.630. The van der Waals surface area contributed by atoms with E-state index in [1.54, 1.807) is 20.8 Å². The van der Waals surface area contributed by atoms with Crippen LogP contribution in [0.1, 0.15) is 52.9 Å². The summed E-state index contributed by atoms with van der Waals surface area (Å²) >= 11 is 0. The van der Waals surface area contributed by atoms with Crippen molar-refractivity contribution in [1.82, 2.24) is 10.2 Å². The molecule has 0 aromatic heterocycles. The highest BCUT2D eigenvalue weighted by Gasteiger charge is 2.66. The molecule has 2 amide bonds. The van der Waals surface area contributed by atoms with E-state index in [9.17, 15) is 45.5 Å². The van der Waals surface area contributed by atoms with Gasteiger partial charge in [0.25, 0.3) is 0 Å². The Morgan fingerprint density at radius 3 is 2.02 bits per heavy atom. The fourth-order valence-electron chi connectivity index (χ4n) is 5.16. The molecular formula is C27H30F6N2O6. The molecule has 14 heteroatoms. The molecule has 1 aromatic rings. The van der Waals surface area contributed by atoms with Crippen molar-refractivity contribution in [3.63, 3.8) is 0 Å². The number of ether oxygens (including phenoxy) is 2. The van der Waals surface area contributed by atoms with Crippen LogP contribution in [0.5, 0.6) is 5.75 Å². The zero-order valence-electron chi connectivity index (χ0n) is 22.6. The Labute approximate surface area is 231 Å². The van der Waals surface area contributed by atoms with Gasteiger partial charge in [-0.3, -0.25) is 19.2 Å². The fourth-order valence-corrected chi connectivity index (χ4v) is 5.16. The zero-order valence-corrected chi connectivity index (χ0v) is 22.6. The van der Waals surface area contributed by atoms with Crippen LogP contribution in [0.2, 0.25) is 0 Å². The van der Waals surface area contributed by atoms with Crippen LogP contribution in [0.4, 0.5) is 26.3 Å². The lowest BCUT2D eigenvalue weighted by molar-refractivity contribution is -0.161. The molecular weight excluding hydrogens is 562 g/mol. The second-order valence-electron chi connectivity index (χ2n) is 11.8. The van der Waals surface area contributed by atoms with Gasteiger partial charge in [0, 0.05) is 43.8 Å². The molecule has 1 aliphatic heterocycles. The number of Topliss-reactive ketones (excluding diaryl/α,β-unsaturated/α-hetero) is 1. The maximum absolute atomic E-state index is 14.0. The normalized spacial score (nSPS) is 24.3. The van der Waals surface area contributed by atoms with Gasteiger partial charge in [0.15, 0.2) is 23.2 Å². The van der Waals surface area contributed by atoms with E-state index in [-0.39, 0.29) is 38.4 Å². The standard InChI is InChI=1S/C27H30F6N2O6/c1-25(2,3)41-24(39)15-11-27(15,18(36)12-40-21-19(30)16(28)8-17(29)20(21)31)34-22(37)13-4-6-35(7-5-13)23(38)14-9-26(32,33)10-14/h8,13-15H,4-7,9-12H2,1-3H3,(H,34,37). The number of hydrogen-bond acceptors (Lipinski definition) is 6. The molecule has 0 spiro atoms. The van der Waals surface area contributed by atoms with E-state index in [2.05, 4.69) is 5.32 Å². The van der Waals surface area contributed by atoms with E-state index in [0.29, 0.717) is 0 Å². The minimum absolute atomic E-state index is 0.0270. The molecule has 1 saturated heterocycles. The van der Waals surface area contributed by atoms with Gasteiger partial charge in [-0.05, 0) is 40.0 Å². The molecule has 1 aromatic carbocycles. The molecule has 2 unspecified atom stereocenters. The summed E-state index contributed by atoms with van der Waals surface area (Å²) in [7, 11) is 0. The summed E-state index contributed by atoms with van der Waals surface area (Å²) < 4.78 is 91.6. The first-order chi connectivity index (χ1) is 18.9. The third-order valence-electron chi connectivity index (χ3n) is 7.53. The topological polar surface area (TPSA) is 102 Å². The second-order valence-corrected chi connectivity index (χ2v) is 11.8. The Balaban J connectivity index is 1.43. The first kappa shape index (κ1) is 30.6. The number of piperidine rings is 1. The molecule has 0 bridgehead atoms. The van der Waals surface area contributed by atoms with E-state index >= 15 is 0 Å². The number of hydrogen-bond donors (Lipinski definition) is 1. The molecule has 3 fully saturated rings. The first-order valence-electron chi connectivity index (χ1n) is 13.1. The van der Waals surface area contributed by atoms with E-state index in [0.717, 1.165) is 0 Å². The predicted octanol–water partition coefficient (Wildman–Crippen LogP) is 3.69. The quantitative estimate of drug-likeness (QED) is 0.281. The number of ketones is 1. The summed E-state index contributed by atoms with van der Waals surface area (Å²) in [6, 6.07) is -0.0270. The number of esters is 1. The molecule has 4 rings (SSSR count). The number of benzene rings is 1. The number of carbonyl (C=O) groups is 4. The lowest BCUT2D eigenvalue weighted by atomic mass is 9.80. The molecule has 8 nitrogen and oxygen atoms in total. The van der Waals surface area contributed by atoms with Crippen LogP contribution < -0.4 is 10.1 Å². The highest BCUT2D eigenvalue weighted by atomic mass is 19.3. The molecule has 2 saturated carbocycles. The van der Waals surface area contributed by atoms with Crippen molar-refractivity contribution in [3.05, 3.63) is 29.3 Å². The van der Waals surface area contributed by atoms with Crippen molar-refractivity contribution in [3.8, 4) is 5.75 Å². The van der Waals surface area contributed by atoms with Crippen LogP contribution in [0.3, 0.4) is 0 Å². The van der Waals surface area contributed by atoms with E-state index in [4.69, 9.17) is 9.47 Å². The van der Waals surface area contributed by atoms with Gasteiger partial charge in [-0.1, -0.05) is 0 Å². The van der Waals surface area contributed by atoms with Gasteiger partial charge in [0.05, 0.1) is 5.92 Å². The van der Waals surface area contributed by atoms with Gasteiger partial charge >= 0.3 is 5.97 Å². The largest absolute Gasteiger partial charge is 0.479 e. The number of carbonyl (C=O) groups excluding carboxylic acids is 4. The number of nitrogens with one attached hydrogen (secondary N) is 1. The molecule has 2 atom stereocenters. The Kier molecular flexibility index (Phi) is 8.09. The second kappa shape index (κ2) is 10.8. The number of likely N-dealkylation sites (tertiary alicyclic amines) is 1. The molecule has 1 heterocycles. The van der Waals surface area contributed by atoms with Gasteiger partial charge < -0.3 is 19.7 Å². The minimum Gasteiger partial charge on any atom is -0.479 e. The smallest absolute Gasteiger partial charge is 0.312 e. The molecule has 2 aliphatic carbocycles. The molecule has 41 heavy (non-hydrogen) atoms. The average Bonchev–Trinajstić information content (AvgIpc) is 3.60. The third kappa shape index (κ3) is 6.45. The third-order valence-corrected chi connectivity index (χ3v) is 7.53. The Morgan fingerprint density at radius 1 is 0.951 bits per heavy atom. The molecule has 0 radical (unpaired) electrons. The molecule has 1 N–H and O–H groups in total. The van der Waals surface area contributed by atoms with E-state index < -0.39 is 107 Å². The number of nitrogens with zero attached hydrogens (tertiary/aromatic N) is 1. The van der Waals surface area contributed by atoms with Gasteiger partial charge in [-0.2, -0.15) is 8.78 Å². The monoisotopic (exact) mass is 592 g/mol. The lowest BCUT2D eigenvalue weighted by Crippen LogP contribution is -2.53. The van der Waals surface area contributed by atoms with Crippen molar-refractivity contribution in [2.24, 2.45) is 17.8 Å². The maximum atomic E-state index is 14.0. The van der Waals surface area contributed by atoms with Crippen LogP contribution in [-0.4, -0.2) is 65.2 Å². The first-order valence-corrected chi connectivity index (χ1v) is 13.1. The maximum Gasteiger partial charge on any atom is 0.312 e. The summed E-state index contributed by atoms with van der Waals surface area (Å²) in [6.45, 7) is 3.88. The Morgan fingerprint density at radius 2 is 1.51 bits per heavy atom. The number of amides is 2. The Hall–Kier alpha value is -3.32. The van der Waals surface area contributed by atoms with Crippen LogP contribution in [0.25, 0.3) is 0 Å². The summed E-state index contributed by atoms with van der Waals surface area (Å²) in [5, 5.41) is 2.53. The van der Waals surface area contributed by atoms with Crippen LogP contribution in [-0.2, 0) is 23.9 Å². The van der Waals surface area contributed by atoms with Crippen molar-refractivity contribution >= 4 is 23.6 Å². The number of rotatable bonds is 8. The van der Waals surface area contributed by atoms with Crippen molar-refractivity contribution < 1.29 is 55.0 Å². The highest BCUT2D eigenvalue weighted by molar-refractivity contribution is 6.03. The summed E-state index contributed by atoms with van der Waals surface area (Å²) in [5.41, 5.74) is -2.80. The molecule has 226 valence electrons. The van der Waals surface area contributed by atoms with Crippen LogP contribution in [0, 0.1) is 41.0 Å². The number of alkyl halides is 2. The van der Waals surface area contributed by atoms with E-state index in [1.165, 1.54) is 4.90 Å². The Bertz CT molecular complexity index is 1230. The highest BCUT2D eigenvalue weighted by Crippen LogP contribution is 2.47. The minimum atomic E-state index is -2.85. The lowest BCUT2D eigenvalue weighted by Gasteiger charge is -2.39. The number of halogens is 6. The van der Waals surface area contributed by atoms with Crippen molar-refractivity contribution in [2.75, 3.05) is 19.7 Å². The predicted molar refractivity (Wildman–Crippen MR) is 129 cm³/mol. The van der Waals surface area contributed by atoms with E-state index in [1.807, 2.05) is 0 Å². The van der Waals surface area contributed by atoms with Crippen molar-refractivity contribution in [2.45, 2.75) is 69.9 Å². The summed E-state index contributed by atoms with van der Waals surface area (Å²) in [6.07, 6.45) is -0.914. The summed E-state index contributed by atoms with van der Waals surface area (Å²) in [4.78, 5) is 53.0. The zero-order chi connectivity index (χ0) is 30.5. The van der Waals surface area contributed by atoms with Crippen LogP contribution >= 0.6 is 0 Å². The summed E-state index contributed by atoms with van der Waals surface area (Å²) in [5.74, 6) is -17.0. The van der Waals surface area contributed by atoms with Gasteiger partial charge in [0.2, 0.25) is 29.4 Å². The average molecular weight is 593 g/mol. The van der Waals surface area contributed by atoms with Gasteiger partial charge in [-0.25, -0.2) is 17.6 Å². The van der Waals surface area contributed by atoms with Gasteiger partial charge in [-0.15, -0.1) is 0 Å². The van der Waals surface area contributed by atoms with Gasteiger partial charge in [0.1, 0.15) is 17.7 Å². The molecule has 3 aliphatic rings.